The van der Waals surface area contributed by atoms with Crippen molar-refractivity contribution in [1.29, 1.82) is 0 Å². The first-order chi connectivity index (χ1) is 27.7. The van der Waals surface area contributed by atoms with Gasteiger partial charge in [-0.2, -0.15) is 0 Å². The second-order valence-electron chi connectivity index (χ2n) is 15.2. The highest BCUT2D eigenvalue weighted by atomic mass is 16.8. The van der Waals surface area contributed by atoms with Crippen LogP contribution in [0.3, 0.4) is 0 Å². The van der Waals surface area contributed by atoms with E-state index in [1.54, 1.807) is 0 Å². The minimum atomic E-state index is -2.00. The Morgan fingerprint density at radius 2 is 0.949 bits per heavy atom. The zero-order valence-corrected chi connectivity index (χ0v) is 32.6. The monoisotopic (exact) mass is 863 g/mol. The molecule has 25 atom stereocenters. The second-order valence-corrected chi connectivity index (χ2v) is 15.2. The molecule has 5 saturated heterocycles. The van der Waals surface area contributed by atoms with Gasteiger partial charge in [0, 0.05) is 13.8 Å². The van der Waals surface area contributed by atoms with Crippen LogP contribution in [0.4, 0.5) is 0 Å². The van der Waals surface area contributed by atoms with Crippen molar-refractivity contribution < 1.29 is 118 Å². The van der Waals surface area contributed by atoms with Gasteiger partial charge in [0.05, 0.1) is 31.5 Å². The summed E-state index contributed by atoms with van der Waals surface area (Å²) in [7, 11) is 0. The van der Waals surface area contributed by atoms with E-state index in [9.17, 15) is 70.9 Å². The summed E-state index contributed by atoms with van der Waals surface area (Å²) in [6.45, 7) is 4.56. The van der Waals surface area contributed by atoms with Crippen molar-refractivity contribution >= 4 is 11.9 Å². The number of aliphatic hydroxyl groups excluding tert-OH is 12. The molecule has 5 fully saturated rings. The van der Waals surface area contributed by atoms with Crippen LogP contribution >= 0.6 is 0 Å². The average molecular weight is 864 g/mol. The molecule has 0 aromatic carbocycles. The molecule has 0 unspecified atom stereocenters. The van der Waals surface area contributed by atoms with E-state index in [1.165, 1.54) is 20.8 Å². The molecule has 0 spiro atoms. The zero-order valence-electron chi connectivity index (χ0n) is 32.6. The number of esters is 1. The maximum atomic E-state index is 12.5. The molecule has 0 aromatic heterocycles. The van der Waals surface area contributed by atoms with Gasteiger partial charge in [0.1, 0.15) is 97.6 Å². The van der Waals surface area contributed by atoms with Gasteiger partial charge in [-0.1, -0.05) is 0 Å². The molecule has 0 bridgehead atoms. The number of ether oxygens (including phenoxy) is 10. The van der Waals surface area contributed by atoms with Crippen LogP contribution in [0, 0.1) is 0 Å². The van der Waals surface area contributed by atoms with Crippen molar-refractivity contribution in [3.8, 4) is 0 Å². The standard InChI is InChI=1S/C34H57NO24/c1-8-16(40)22(46)28(59-32-24(48)26(17(41)9(2)50-32)57-31-23(47)21(45)19(43)13(6-36)55-31)33(51-8)58-27-18(42)10(3)52-34(29(27)53-12(5)39)56-25-15(35-11(4)38)30(49)54-14(7-37)20(25)44/h8-10,13-34,36-37,40-49H,6-7H2,1-5H3,(H,35,38)/t8-,9-,10-,13+,14+,15+,16-,17-,18-,19+,20+,21-,22+,23+,24+,25+,26+,27+,28+,29+,30+,31+,32-,33-,34-/m0/s1. The van der Waals surface area contributed by atoms with E-state index in [2.05, 4.69) is 5.32 Å². The van der Waals surface area contributed by atoms with Gasteiger partial charge in [-0.05, 0) is 20.8 Å². The summed E-state index contributed by atoms with van der Waals surface area (Å²) < 4.78 is 57.3. The van der Waals surface area contributed by atoms with E-state index in [0.29, 0.717) is 0 Å². The van der Waals surface area contributed by atoms with Gasteiger partial charge >= 0.3 is 5.97 Å². The van der Waals surface area contributed by atoms with Crippen LogP contribution < -0.4 is 5.32 Å². The van der Waals surface area contributed by atoms with Gasteiger partial charge in [-0.3, -0.25) is 9.59 Å². The van der Waals surface area contributed by atoms with E-state index >= 15 is 0 Å². The molecule has 5 heterocycles. The Morgan fingerprint density at radius 3 is 1.53 bits per heavy atom. The molecule has 5 aliphatic rings. The number of hydrogen-bond donors (Lipinski definition) is 13. The summed E-state index contributed by atoms with van der Waals surface area (Å²) in [4.78, 5) is 24.5. The van der Waals surface area contributed by atoms with Crippen LogP contribution in [-0.4, -0.2) is 240 Å². The van der Waals surface area contributed by atoms with Gasteiger partial charge in [0.2, 0.25) is 5.91 Å². The number of rotatable bonds is 12. The SMILES string of the molecule is CC(=O)N[C@@H]1[C@@H](O[C@@H]2O[C@@H](C)[C@H](O)[C@@H](O[C@@H]3O[C@@H](C)[C@H](O)[C@@H](O)[C@H]3O[C@@H]3O[C@@H](C)[C@H](O)[C@@H](O[C@H]4O[C@H](CO)[C@@H](O)[C@H](O)[C@H]4O)[C@H]3O)[C@H]2OC(C)=O)[C@H](O)[C@@H](CO)O[C@H]1O. The first-order valence-electron chi connectivity index (χ1n) is 19.1. The molecule has 5 aliphatic heterocycles. The molecule has 0 radical (unpaired) electrons. The second kappa shape index (κ2) is 20.1. The lowest BCUT2D eigenvalue weighted by molar-refractivity contribution is -0.396. The predicted octanol–water partition coefficient (Wildman–Crippen LogP) is -8.13. The Bertz CT molecular complexity index is 1380. The third kappa shape index (κ3) is 10.3. The van der Waals surface area contributed by atoms with Crippen molar-refractivity contribution in [3.05, 3.63) is 0 Å². The summed E-state index contributed by atoms with van der Waals surface area (Å²) in [6.07, 6.45) is -40.4. The third-order valence-corrected chi connectivity index (χ3v) is 10.9. The smallest absolute Gasteiger partial charge is 0.303 e. The Morgan fingerprint density at radius 1 is 0.475 bits per heavy atom. The minimum absolute atomic E-state index is 0.676. The average Bonchev–Trinajstić information content (AvgIpc) is 3.18. The van der Waals surface area contributed by atoms with E-state index < -0.39 is 179 Å². The third-order valence-electron chi connectivity index (χ3n) is 10.9. The molecule has 1 amide bonds. The molecule has 5 rings (SSSR count). The fourth-order valence-electron chi connectivity index (χ4n) is 7.53. The molecular formula is C34H57NO24. The van der Waals surface area contributed by atoms with Gasteiger partial charge < -0.3 is 114 Å². The molecule has 0 aromatic rings. The topological polar surface area (TPSA) is 381 Å². The van der Waals surface area contributed by atoms with Crippen molar-refractivity contribution in [1.82, 2.24) is 5.32 Å². The quantitative estimate of drug-likeness (QED) is 0.0810. The Balaban J connectivity index is 1.41. The molecular weight excluding hydrogens is 806 g/mol. The molecule has 0 saturated carbocycles. The van der Waals surface area contributed by atoms with Gasteiger partial charge in [0.15, 0.2) is 37.6 Å². The molecule has 13 N–H and O–H groups in total. The van der Waals surface area contributed by atoms with E-state index in [4.69, 9.17) is 47.4 Å². The van der Waals surface area contributed by atoms with Gasteiger partial charge in [0.25, 0.3) is 0 Å². The van der Waals surface area contributed by atoms with Crippen LogP contribution in [-0.2, 0) is 57.0 Å². The molecule has 25 nitrogen and oxygen atoms in total. The number of aliphatic hydroxyl groups is 12. The fourth-order valence-corrected chi connectivity index (χ4v) is 7.53. The van der Waals surface area contributed by atoms with Crippen molar-refractivity contribution in [2.45, 2.75) is 188 Å². The fraction of sp³-hybridized carbons (Fsp3) is 0.941. The molecule has 342 valence electrons. The van der Waals surface area contributed by atoms with Crippen molar-refractivity contribution in [3.63, 3.8) is 0 Å². The summed E-state index contributed by atoms with van der Waals surface area (Å²) in [5.41, 5.74) is 0. The van der Waals surface area contributed by atoms with E-state index in [-0.39, 0.29) is 0 Å². The highest BCUT2D eigenvalue weighted by Crippen LogP contribution is 2.36. The number of carbonyl (C=O) groups is 2. The normalized spacial score (nSPS) is 50.8. The predicted molar refractivity (Wildman–Crippen MR) is 183 cm³/mol. The molecule has 25 heteroatoms. The Hall–Kier alpha value is -1.90. The van der Waals surface area contributed by atoms with Crippen LogP contribution in [0.2, 0.25) is 0 Å². The number of amides is 1. The zero-order chi connectivity index (χ0) is 43.8. The summed E-state index contributed by atoms with van der Waals surface area (Å²) in [6, 6.07) is -1.47. The van der Waals surface area contributed by atoms with E-state index in [0.717, 1.165) is 13.8 Å². The number of hydrogen-bond acceptors (Lipinski definition) is 24. The van der Waals surface area contributed by atoms with Crippen molar-refractivity contribution in [2.24, 2.45) is 0 Å². The summed E-state index contributed by atoms with van der Waals surface area (Å²) in [5.74, 6) is -1.63. The highest BCUT2D eigenvalue weighted by molar-refractivity contribution is 5.73. The first kappa shape index (κ1) is 48.1. The van der Waals surface area contributed by atoms with Crippen LogP contribution in [0.5, 0.6) is 0 Å². The first-order valence-corrected chi connectivity index (χ1v) is 19.1. The minimum Gasteiger partial charge on any atom is -0.454 e. The van der Waals surface area contributed by atoms with Gasteiger partial charge in [-0.15, -0.1) is 0 Å². The molecule has 0 aliphatic carbocycles. The number of nitrogens with one attached hydrogen (secondary N) is 1. The highest BCUT2D eigenvalue weighted by Gasteiger charge is 2.57. The van der Waals surface area contributed by atoms with Gasteiger partial charge in [-0.25, -0.2) is 0 Å². The van der Waals surface area contributed by atoms with Crippen molar-refractivity contribution in [2.75, 3.05) is 13.2 Å². The largest absolute Gasteiger partial charge is 0.454 e. The molecule has 59 heavy (non-hydrogen) atoms. The Labute approximate surface area is 336 Å². The lowest BCUT2D eigenvalue weighted by Gasteiger charge is -2.50. The Kier molecular flexibility index (Phi) is 16.4. The lowest BCUT2D eigenvalue weighted by atomic mass is 9.95. The maximum Gasteiger partial charge on any atom is 0.303 e. The summed E-state index contributed by atoms with van der Waals surface area (Å²) in [5, 5.41) is 130. The maximum absolute atomic E-state index is 12.5. The lowest BCUT2D eigenvalue weighted by Crippen LogP contribution is -2.69. The van der Waals surface area contributed by atoms with Crippen LogP contribution in [0.1, 0.15) is 34.6 Å². The van der Waals surface area contributed by atoms with Crippen LogP contribution in [0.15, 0.2) is 0 Å². The summed E-state index contributed by atoms with van der Waals surface area (Å²) >= 11 is 0. The number of carbonyl (C=O) groups excluding carboxylic acids is 2. The van der Waals surface area contributed by atoms with E-state index in [1.807, 2.05) is 0 Å². The van der Waals surface area contributed by atoms with Crippen LogP contribution in [0.25, 0.3) is 0 Å².